The normalized spacial score (nSPS) is 34.8. The number of esters is 1. The van der Waals surface area contributed by atoms with E-state index in [9.17, 15) is 80.7 Å². The molecule has 0 saturated carbocycles. The lowest BCUT2D eigenvalue weighted by Gasteiger charge is -2.45. The van der Waals surface area contributed by atoms with Crippen molar-refractivity contribution in [3.05, 3.63) is 95.2 Å². The van der Waals surface area contributed by atoms with Gasteiger partial charge < -0.3 is 85.3 Å². The van der Waals surface area contributed by atoms with E-state index in [1.54, 1.807) is 57.3 Å². The number of nitro groups is 1. The molecule has 1 aromatic heterocycles. The number of non-ortho nitro benzene ring substituents is 1. The van der Waals surface area contributed by atoms with Gasteiger partial charge in [0.1, 0.15) is 24.2 Å². The maximum absolute atomic E-state index is 13.4. The molecule has 2 bridgehead atoms. The molecular weight excluding hydrogens is 1130 g/mol. The second-order valence-electron chi connectivity index (χ2n) is 22.9. The van der Waals surface area contributed by atoms with E-state index in [1.165, 1.54) is 19.1 Å². The van der Waals surface area contributed by atoms with Gasteiger partial charge in [0, 0.05) is 57.2 Å². The van der Waals surface area contributed by atoms with Gasteiger partial charge in [0.25, 0.3) is 0 Å². The molecular formula is C60H89N5O21. The third kappa shape index (κ3) is 21.8. The van der Waals surface area contributed by atoms with Gasteiger partial charge in [0.2, 0.25) is 11.4 Å². The van der Waals surface area contributed by atoms with E-state index in [-0.39, 0.29) is 54.7 Å². The third-order valence-corrected chi connectivity index (χ3v) is 15.9. The minimum absolute atomic E-state index is 0.00405. The van der Waals surface area contributed by atoms with Crippen LogP contribution >= 0.6 is 0 Å². The number of allylic oxidation sites excluding steroid dienone is 10. The second-order valence-corrected chi connectivity index (χ2v) is 22.9. The first-order chi connectivity index (χ1) is 40.8. The summed E-state index contributed by atoms with van der Waals surface area (Å²) >= 11 is 0. The summed E-state index contributed by atoms with van der Waals surface area (Å²) < 4.78 is 28.5. The molecule has 0 spiro atoms. The van der Waals surface area contributed by atoms with Crippen LogP contribution in [0.5, 0.6) is 0 Å². The molecule has 0 aliphatic carbocycles. The molecule has 480 valence electrons. The molecule has 12 N–H and O–H groups in total. The fraction of sp³-hybridized carbons (Fsp3) is 0.650. The summed E-state index contributed by atoms with van der Waals surface area (Å²) in [6.07, 6.45) is 1.75. The maximum Gasteiger partial charge on any atom is 0.311 e. The van der Waals surface area contributed by atoms with Gasteiger partial charge in [-0.2, -0.15) is 0 Å². The molecule has 0 unspecified atom stereocenters. The van der Waals surface area contributed by atoms with Crippen molar-refractivity contribution < 1.29 is 99.1 Å². The minimum Gasteiger partial charge on any atom is -0.481 e. The Morgan fingerprint density at radius 3 is 2.09 bits per heavy atom. The largest absolute Gasteiger partial charge is 0.481 e. The van der Waals surface area contributed by atoms with Gasteiger partial charge in [-0.05, 0) is 81.6 Å². The van der Waals surface area contributed by atoms with Crippen LogP contribution in [0.15, 0.2) is 89.7 Å². The number of cyclic esters (lactones) is 1. The van der Waals surface area contributed by atoms with Crippen LogP contribution in [-0.2, 0) is 33.3 Å². The van der Waals surface area contributed by atoms with E-state index in [4.69, 9.17) is 23.6 Å². The first kappa shape index (κ1) is 70.9. The highest BCUT2D eigenvalue weighted by Crippen LogP contribution is 2.39. The molecule has 3 aliphatic heterocycles. The first-order valence-corrected chi connectivity index (χ1v) is 29.4. The van der Waals surface area contributed by atoms with Crippen molar-refractivity contribution in [1.29, 1.82) is 0 Å². The van der Waals surface area contributed by atoms with Crippen molar-refractivity contribution in [3.8, 4) is 0 Å². The van der Waals surface area contributed by atoms with Crippen LogP contribution in [0.1, 0.15) is 118 Å². The highest BCUT2D eigenvalue weighted by molar-refractivity contribution is 5.93. The van der Waals surface area contributed by atoms with Crippen LogP contribution in [0.25, 0.3) is 11.0 Å². The van der Waals surface area contributed by atoms with E-state index < -0.39 is 158 Å². The standard InChI is InChI=1S/C60H89N5O21/c1-35-21-17-14-12-10-8-6-7-9-11-13-15-18-22-42(84-59-57(76)54(56(75)38(4)83-59)61-49(72)23-19-16-20-28-64(5)43-25-26-44(65(80)81)53-52(43)62-86-63-53)32-48-51(58(77)78)47(71)34-60(79,85-48)33-46(70)45(69)27-24-39(66)29-40(67)30-41(68)31-50(73)82-37(3)36(2)55(35)74/h6-7,9,11-15,17-18,21-22,25-26,35-42,45-48,51,54-57,59,66-71,74-76,79H,8,10,16,19-20,23-24,27-34H2,1-5H3,(H,61,72)(H,77,78)/t35-,36-,37-,38+,39+,40+,41+,42-,45+,46+,47-,48-,51+,54-,55+,56+,57-,59-,60+/m0/s1. The number of carbonyl (C=O) groups excluding carboxylic acids is 2. The number of anilines is 1. The average molecular weight is 1220 g/mol. The van der Waals surface area contributed by atoms with E-state index in [0.717, 1.165) is 6.42 Å². The number of carboxylic acid groups (broad SMARTS) is 1. The summed E-state index contributed by atoms with van der Waals surface area (Å²) in [6, 6.07) is 1.56. The number of aliphatic hydroxyl groups excluding tert-OH is 9. The predicted octanol–water partition coefficient (Wildman–Crippen LogP) is 3.23. The monoisotopic (exact) mass is 1220 g/mol. The lowest BCUT2D eigenvalue weighted by molar-refractivity contribution is -0.383. The lowest BCUT2D eigenvalue weighted by Crippen LogP contribution is -2.64. The molecule has 4 heterocycles. The number of nitrogens with zero attached hydrogens (tertiary/aromatic N) is 4. The molecule has 3 aliphatic rings. The Bertz CT molecular complexity index is 2650. The van der Waals surface area contributed by atoms with Gasteiger partial charge >= 0.3 is 17.6 Å². The van der Waals surface area contributed by atoms with Crippen molar-refractivity contribution in [2.45, 2.75) is 215 Å². The zero-order chi connectivity index (χ0) is 63.3. The number of fused-ring (bicyclic) bond motifs is 3. The number of unbranched alkanes of at least 4 members (excludes halogenated alkanes) is 2. The average Bonchev–Trinajstić information content (AvgIpc) is 2.65. The number of benzene rings is 1. The Hall–Kier alpha value is -5.85. The number of rotatable bonds is 12. The van der Waals surface area contributed by atoms with E-state index >= 15 is 0 Å². The molecule has 2 aromatic rings. The molecule has 26 nitrogen and oxygen atoms in total. The smallest absolute Gasteiger partial charge is 0.311 e. The van der Waals surface area contributed by atoms with Gasteiger partial charge in [-0.1, -0.05) is 93.2 Å². The highest BCUT2D eigenvalue weighted by atomic mass is 16.7. The number of amides is 1. The Kier molecular flexibility index (Phi) is 28.6. The van der Waals surface area contributed by atoms with Crippen molar-refractivity contribution in [1.82, 2.24) is 15.6 Å². The summed E-state index contributed by atoms with van der Waals surface area (Å²) in [6.45, 7) is 7.20. The predicted molar refractivity (Wildman–Crippen MR) is 311 cm³/mol. The molecule has 2 saturated heterocycles. The van der Waals surface area contributed by atoms with Crippen LogP contribution in [0, 0.1) is 27.9 Å². The van der Waals surface area contributed by atoms with Crippen LogP contribution in [-0.4, -0.2) is 200 Å². The van der Waals surface area contributed by atoms with Gasteiger partial charge in [0.05, 0.1) is 84.1 Å². The lowest BCUT2D eigenvalue weighted by atomic mass is 9.82. The number of nitrogens with one attached hydrogen (secondary N) is 1. The van der Waals surface area contributed by atoms with Crippen LogP contribution in [0.2, 0.25) is 0 Å². The molecule has 86 heavy (non-hydrogen) atoms. The zero-order valence-electron chi connectivity index (χ0n) is 49.4. The number of ether oxygens (including phenoxy) is 4. The fourth-order valence-corrected chi connectivity index (χ4v) is 10.7. The quantitative estimate of drug-likeness (QED) is 0.0628. The second kappa shape index (κ2) is 34.6. The third-order valence-electron chi connectivity index (χ3n) is 15.9. The molecule has 2 fully saturated rings. The van der Waals surface area contributed by atoms with Crippen LogP contribution in [0.4, 0.5) is 11.4 Å². The number of carboxylic acids is 1. The maximum atomic E-state index is 13.4. The van der Waals surface area contributed by atoms with Crippen molar-refractivity contribution in [2.24, 2.45) is 17.8 Å². The molecule has 5 rings (SSSR count). The molecule has 1 aromatic carbocycles. The SMILES string of the molecule is C[C@@H]1[C@H](O)[C@@H](C)C=CC=CCCC=CC=CC=CC=C[C@H](O[C@@H]2O[C@H](C)[C@@H](O)[C@H](NC(=O)CCCCCN(C)c3ccc([N+](=O)[O-])c4nonc34)[C@@H]2O)C[C@@H]2O[C@](O)(C[C@@H](O)[C@H](O)CC[C@@H](O)C[C@@H](O)C[C@@H](O)CC(=O)O[C@H]1C)C[C@H](O)[C@H]2C(=O)O. The first-order valence-electron chi connectivity index (χ1n) is 29.4. The Labute approximate surface area is 499 Å². The molecule has 26 heteroatoms. The van der Waals surface area contributed by atoms with Gasteiger partial charge in [-0.15, -0.1) is 0 Å². The summed E-state index contributed by atoms with van der Waals surface area (Å²) in [4.78, 5) is 51.6. The summed E-state index contributed by atoms with van der Waals surface area (Å²) in [7, 11) is 1.77. The number of nitro benzene ring substituents is 1. The number of aliphatic carboxylic acids is 1. The fourth-order valence-electron chi connectivity index (χ4n) is 10.7. The van der Waals surface area contributed by atoms with Gasteiger partial charge in [-0.25, -0.2) is 4.63 Å². The Balaban J connectivity index is 1.29. The Morgan fingerprint density at radius 2 is 1.40 bits per heavy atom. The van der Waals surface area contributed by atoms with E-state index in [0.29, 0.717) is 37.9 Å². The van der Waals surface area contributed by atoms with Gasteiger partial charge in [0.15, 0.2) is 17.6 Å². The van der Waals surface area contributed by atoms with E-state index in [1.807, 2.05) is 48.3 Å². The Morgan fingerprint density at radius 1 is 0.756 bits per heavy atom. The molecule has 0 radical (unpaired) electrons. The number of aliphatic hydroxyl groups is 10. The summed E-state index contributed by atoms with van der Waals surface area (Å²) in [5.74, 6) is -7.62. The van der Waals surface area contributed by atoms with Crippen molar-refractivity contribution >= 4 is 40.3 Å². The van der Waals surface area contributed by atoms with Crippen molar-refractivity contribution in [2.75, 3.05) is 18.5 Å². The summed E-state index contributed by atoms with van der Waals surface area (Å²) in [5, 5.41) is 143. The number of hydrogen-bond donors (Lipinski definition) is 12. The van der Waals surface area contributed by atoms with E-state index in [2.05, 4.69) is 15.6 Å². The minimum atomic E-state index is -2.44. The van der Waals surface area contributed by atoms with Crippen LogP contribution in [0.3, 0.4) is 0 Å². The topological polar surface area (TPSA) is 408 Å². The highest BCUT2D eigenvalue weighted by Gasteiger charge is 2.51. The zero-order valence-corrected chi connectivity index (χ0v) is 49.4. The van der Waals surface area contributed by atoms with Crippen LogP contribution < -0.4 is 10.2 Å². The van der Waals surface area contributed by atoms with Crippen molar-refractivity contribution in [3.63, 3.8) is 0 Å². The molecule has 19 atom stereocenters. The molecule has 1 amide bonds. The number of hydrogen-bond acceptors (Lipinski definition) is 23. The number of carbonyl (C=O) groups is 3. The number of aromatic nitrogens is 2. The summed E-state index contributed by atoms with van der Waals surface area (Å²) in [5.41, 5.74) is 0.568. The van der Waals surface area contributed by atoms with Gasteiger partial charge in [-0.3, -0.25) is 24.5 Å².